The van der Waals surface area contributed by atoms with Crippen LogP contribution in [0.4, 0.5) is 5.69 Å². The topological polar surface area (TPSA) is 102 Å². The van der Waals surface area contributed by atoms with Crippen LogP contribution in [0.5, 0.6) is 5.75 Å². The van der Waals surface area contributed by atoms with Crippen molar-refractivity contribution in [2.24, 2.45) is 28.8 Å². The Kier molecular flexibility index (Phi) is 4.62. The average molecular weight is 417 g/mol. The predicted octanol–water partition coefficient (Wildman–Crippen LogP) is 3.31. The number of nitro benzene ring substituents is 1. The van der Waals surface area contributed by atoms with Crippen LogP contribution in [0.2, 0.25) is 0 Å². The molecule has 2 aromatic rings. The second-order valence-corrected chi connectivity index (χ2v) is 8.02. The van der Waals surface area contributed by atoms with E-state index in [4.69, 9.17) is 4.74 Å². The largest absolute Gasteiger partial charge is 0.489 e. The van der Waals surface area contributed by atoms with Crippen LogP contribution >= 0.6 is 0 Å². The number of non-ortho nitro benzene ring substituents is 1. The summed E-state index contributed by atoms with van der Waals surface area (Å²) < 4.78 is 5.76. The molecule has 0 unspecified atom stereocenters. The van der Waals surface area contributed by atoms with E-state index in [0.29, 0.717) is 11.3 Å². The van der Waals surface area contributed by atoms with Crippen LogP contribution in [-0.4, -0.2) is 28.0 Å². The van der Waals surface area contributed by atoms with Crippen LogP contribution in [-0.2, 0) is 16.2 Å². The van der Waals surface area contributed by atoms with Gasteiger partial charge in [-0.25, -0.2) is 0 Å². The van der Waals surface area contributed by atoms with Gasteiger partial charge in [0.2, 0.25) is 0 Å². The van der Waals surface area contributed by atoms with E-state index in [1.165, 1.54) is 18.3 Å². The number of nitrogens with zero attached hydrogens (tertiary/aromatic N) is 3. The van der Waals surface area contributed by atoms with Gasteiger partial charge >= 0.3 is 0 Å². The van der Waals surface area contributed by atoms with E-state index in [1.54, 1.807) is 36.4 Å². The summed E-state index contributed by atoms with van der Waals surface area (Å²) in [5.41, 5.74) is 1.52. The molecule has 31 heavy (non-hydrogen) atoms. The Hall–Kier alpha value is -3.81. The third-order valence-electron chi connectivity index (χ3n) is 6.18. The van der Waals surface area contributed by atoms with E-state index >= 15 is 0 Å². The van der Waals surface area contributed by atoms with Crippen molar-refractivity contribution >= 4 is 23.7 Å². The van der Waals surface area contributed by atoms with Gasteiger partial charge < -0.3 is 4.74 Å². The molecule has 1 saturated carbocycles. The van der Waals surface area contributed by atoms with E-state index in [0.717, 1.165) is 17.0 Å². The summed E-state index contributed by atoms with van der Waals surface area (Å²) in [6, 6.07) is 13.3. The van der Waals surface area contributed by atoms with Crippen LogP contribution in [0.1, 0.15) is 17.5 Å². The van der Waals surface area contributed by atoms with Crippen LogP contribution in [0, 0.1) is 33.8 Å². The molecular weight excluding hydrogens is 398 g/mol. The Morgan fingerprint density at radius 3 is 2.39 bits per heavy atom. The molecule has 1 aliphatic heterocycles. The molecule has 0 N–H and O–H groups in total. The molecule has 4 atom stereocenters. The number of rotatable bonds is 6. The molecule has 2 aliphatic carbocycles. The molecule has 2 bridgehead atoms. The molecule has 1 heterocycles. The number of hydrogen-bond acceptors (Lipinski definition) is 6. The number of carbonyl (C=O) groups excluding carboxylic acids is 2. The van der Waals surface area contributed by atoms with Crippen LogP contribution in [0.25, 0.3) is 0 Å². The summed E-state index contributed by atoms with van der Waals surface area (Å²) in [6.45, 7) is 0.251. The fourth-order valence-corrected chi connectivity index (χ4v) is 4.69. The highest BCUT2D eigenvalue weighted by atomic mass is 16.6. The molecule has 8 nitrogen and oxygen atoms in total. The molecular formula is C23H19N3O5. The first-order valence-corrected chi connectivity index (χ1v) is 10.1. The lowest BCUT2D eigenvalue weighted by Crippen LogP contribution is -2.28. The first kappa shape index (κ1) is 19.2. The van der Waals surface area contributed by atoms with E-state index in [9.17, 15) is 19.7 Å². The monoisotopic (exact) mass is 417 g/mol. The van der Waals surface area contributed by atoms with Gasteiger partial charge in [0, 0.05) is 12.1 Å². The molecule has 1 saturated heterocycles. The maximum Gasteiger partial charge on any atom is 0.269 e. The van der Waals surface area contributed by atoms with E-state index in [2.05, 4.69) is 17.3 Å². The van der Waals surface area contributed by atoms with Crippen molar-refractivity contribution in [3.63, 3.8) is 0 Å². The molecule has 3 aliphatic rings. The molecule has 5 rings (SSSR count). The lowest BCUT2D eigenvalue weighted by atomic mass is 9.85. The summed E-state index contributed by atoms with van der Waals surface area (Å²) in [5, 5.41) is 15.9. The Balaban J connectivity index is 1.24. The maximum atomic E-state index is 12.7. The summed E-state index contributed by atoms with van der Waals surface area (Å²) in [6.07, 6.45) is 6.48. The SMILES string of the molecule is O=C1[C@H]2[C@H](C(=O)N1/N=C\c1cccc(OCc3ccc([N+](=O)[O-])cc3)c1)[C@H]1C=C[C@H]2C1. The number of fused-ring (bicyclic) bond motifs is 5. The highest BCUT2D eigenvalue weighted by molar-refractivity contribution is 6.06. The molecule has 2 amide bonds. The van der Waals surface area contributed by atoms with Crippen molar-refractivity contribution in [3.05, 3.63) is 81.9 Å². The number of carbonyl (C=O) groups is 2. The van der Waals surface area contributed by atoms with Crippen molar-refractivity contribution in [2.75, 3.05) is 0 Å². The van der Waals surface area contributed by atoms with E-state index < -0.39 is 4.92 Å². The number of hydrogen-bond donors (Lipinski definition) is 0. The van der Waals surface area contributed by atoms with Crippen molar-refractivity contribution in [3.8, 4) is 5.75 Å². The zero-order valence-corrected chi connectivity index (χ0v) is 16.5. The quantitative estimate of drug-likeness (QED) is 0.236. The zero-order valence-electron chi connectivity index (χ0n) is 16.5. The highest BCUT2D eigenvalue weighted by Crippen LogP contribution is 2.52. The summed E-state index contributed by atoms with van der Waals surface area (Å²) in [7, 11) is 0. The van der Waals surface area contributed by atoms with Crippen molar-refractivity contribution in [1.82, 2.24) is 5.01 Å². The van der Waals surface area contributed by atoms with Gasteiger partial charge in [0.05, 0.1) is 23.0 Å². The first-order valence-electron chi connectivity index (χ1n) is 10.1. The van der Waals surface area contributed by atoms with Gasteiger partial charge in [0.15, 0.2) is 0 Å². The number of nitro groups is 1. The average Bonchev–Trinajstić information content (AvgIpc) is 3.46. The minimum Gasteiger partial charge on any atom is -0.489 e. The van der Waals surface area contributed by atoms with Gasteiger partial charge in [-0.1, -0.05) is 24.3 Å². The van der Waals surface area contributed by atoms with Crippen LogP contribution in [0.15, 0.2) is 65.8 Å². The number of benzene rings is 2. The smallest absolute Gasteiger partial charge is 0.269 e. The number of hydrazone groups is 1. The Morgan fingerprint density at radius 1 is 1.06 bits per heavy atom. The van der Waals surface area contributed by atoms with Crippen molar-refractivity contribution in [2.45, 2.75) is 13.0 Å². The molecule has 2 fully saturated rings. The first-order chi connectivity index (χ1) is 15.0. The van der Waals surface area contributed by atoms with Gasteiger partial charge in [-0.15, -0.1) is 0 Å². The lowest BCUT2D eigenvalue weighted by molar-refractivity contribution is -0.384. The summed E-state index contributed by atoms with van der Waals surface area (Å²) in [5.74, 6) is -0.0690. The third kappa shape index (κ3) is 3.39. The molecule has 0 radical (unpaired) electrons. The third-order valence-corrected chi connectivity index (χ3v) is 6.18. The molecule has 2 aromatic carbocycles. The Labute approximate surface area is 178 Å². The number of ether oxygens (including phenoxy) is 1. The maximum absolute atomic E-state index is 12.7. The second kappa shape index (κ2) is 7.46. The van der Waals surface area contributed by atoms with Crippen LogP contribution < -0.4 is 4.74 Å². The normalized spacial score (nSPS) is 26.1. The molecule has 0 spiro atoms. The second-order valence-electron chi connectivity index (χ2n) is 8.02. The van der Waals surface area contributed by atoms with Crippen LogP contribution in [0.3, 0.4) is 0 Å². The predicted molar refractivity (Wildman–Crippen MR) is 111 cm³/mol. The standard InChI is InChI=1S/C23H19N3O5/c27-22-20-16-6-7-17(11-16)21(20)23(28)25(22)24-12-15-2-1-3-19(10-15)31-13-14-4-8-18(9-5-14)26(29)30/h1-10,12,16-17,20-21H,11,13H2/b24-12-/t16-,17-,20+,21+/m0/s1. The minimum atomic E-state index is -0.447. The Bertz CT molecular complexity index is 1090. The fourth-order valence-electron chi connectivity index (χ4n) is 4.69. The Morgan fingerprint density at radius 2 is 1.74 bits per heavy atom. The number of amides is 2. The van der Waals surface area contributed by atoms with E-state index in [1.807, 2.05) is 0 Å². The van der Waals surface area contributed by atoms with Gasteiger partial charge in [-0.3, -0.25) is 19.7 Å². The van der Waals surface area contributed by atoms with Crippen molar-refractivity contribution in [1.29, 1.82) is 0 Å². The van der Waals surface area contributed by atoms with E-state index in [-0.39, 0.29) is 47.8 Å². The fraction of sp³-hybridized carbons (Fsp3) is 0.261. The summed E-state index contributed by atoms with van der Waals surface area (Å²) >= 11 is 0. The van der Waals surface area contributed by atoms with Gasteiger partial charge in [0.25, 0.3) is 17.5 Å². The zero-order chi connectivity index (χ0) is 21.5. The molecule has 0 aromatic heterocycles. The van der Waals surface area contributed by atoms with Gasteiger partial charge in [-0.2, -0.15) is 10.1 Å². The lowest BCUT2D eigenvalue weighted by Gasteiger charge is -2.13. The minimum absolute atomic E-state index is 0.0286. The molecule has 8 heteroatoms. The van der Waals surface area contributed by atoms with Gasteiger partial charge in [0.1, 0.15) is 12.4 Å². The highest BCUT2D eigenvalue weighted by Gasteiger charge is 2.59. The summed E-state index contributed by atoms with van der Waals surface area (Å²) in [4.78, 5) is 35.7. The molecule has 156 valence electrons. The van der Waals surface area contributed by atoms with Crippen molar-refractivity contribution < 1.29 is 19.2 Å². The van der Waals surface area contributed by atoms with Gasteiger partial charge in [-0.05, 0) is 53.6 Å². The number of imide groups is 1. The number of allylic oxidation sites excluding steroid dienone is 2.